The molecule has 0 saturated heterocycles. The number of unbranched alkanes of at least 4 members (excludes halogenated alkanes) is 1. The van der Waals surface area contributed by atoms with E-state index in [4.69, 9.17) is 9.47 Å². The molecule has 1 aromatic rings. The fourth-order valence-electron chi connectivity index (χ4n) is 1.50. The first-order valence-electron chi connectivity index (χ1n) is 6.27. The second-order valence-corrected chi connectivity index (χ2v) is 3.98. The molecular formula is C15H22O2. The van der Waals surface area contributed by atoms with Crippen molar-refractivity contribution in [1.29, 1.82) is 0 Å². The number of hydrogen-bond donors (Lipinski definition) is 0. The van der Waals surface area contributed by atoms with Gasteiger partial charge < -0.3 is 9.47 Å². The van der Waals surface area contributed by atoms with Crippen LogP contribution in [0.5, 0.6) is 5.75 Å². The summed E-state index contributed by atoms with van der Waals surface area (Å²) in [5.41, 5.74) is 1.14. The number of benzene rings is 1. The van der Waals surface area contributed by atoms with Crippen LogP contribution in [0.3, 0.4) is 0 Å². The molecule has 0 N–H and O–H groups in total. The molecule has 0 aliphatic heterocycles. The first-order chi connectivity index (χ1) is 8.26. The second kappa shape index (κ2) is 7.91. The van der Waals surface area contributed by atoms with Gasteiger partial charge in [-0.05, 0) is 38.0 Å². The quantitative estimate of drug-likeness (QED) is 0.518. The summed E-state index contributed by atoms with van der Waals surface area (Å²) in [6.07, 6.45) is 6.09. The Bertz CT molecular complexity index is 345. The lowest BCUT2D eigenvalue weighted by molar-refractivity contribution is -0.0673. The fourth-order valence-corrected chi connectivity index (χ4v) is 1.50. The first kappa shape index (κ1) is 13.8. The van der Waals surface area contributed by atoms with Gasteiger partial charge in [0.1, 0.15) is 5.75 Å². The number of ether oxygens (including phenoxy) is 2. The summed E-state index contributed by atoms with van der Waals surface area (Å²) in [5.74, 6) is 0.851. The zero-order chi connectivity index (χ0) is 12.5. The molecule has 94 valence electrons. The van der Waals surface area contributed by atoms with Crippen LogP contribution in [-0.4, -0.2) is 12.9 Å². The van der Waals surface area contributed by atoms with Crippen molar-refractivity contribution in [3.8, 4) is 5.75 Å². The number of rotatable bonds is 7. The van der Waals surface area contributed by atoms with Gasteiger partial charge in [0.2, 0.25) is 0 Å². The Hall–Kier alpha value is -1.28. The molecule has 0 bridgehead atoms. The van der Waals surface area contributed by atoms with Crippen molar-refractivity contribution in [1.82, 2.24) is 0 Å². The fraction of sp³-hybridized carbons (Fsp3) is 0.467. The van der Waals surface area contributed by atoms with Crippen LogP contribution in [0.15, 0.2) is 30.3 Å². The third-order valence-corrected chi connectivity index (χ3v) is 2.37. The summed E-state index contributed by atoms with van der Waals surface area (Å²) >= 11 is 0. The molecule has 2 nitrogen and oxygen atoms in total. The highest BCUT2D eigenvalue weighted by atomic mass is 16.7. The predicted octanol–water partition coefficient (Wildman–Crippen LogP) is 4.26. The average molecular weight is 234 g/mol. The molecule has 0 radical (unpaired) electrons. The van der Waals surface area contributed by atoms with Gasteiger partial charge in [0.05, 0.1) is 6.61 Å². The lowest BCUT2D eigenvalue weighted by Crippen LogP contribution is -2.16. The Morgan fingerprint density at radius 1 is 1.35 bits per heavy atom. The third-order valence-electron chi connectivity index (χ3n) is 2.37. The van der Waals surface area contributed by atoms with E-state index in [0.29, 0.717) is 0 Å². The Morgan fingerprint density at radius 3 is 2.88 bits per heavy atom. The molecule has 1 atom stereocenters. The van der Waals surface area contributed by atoms with Crippen LogP contribution in [0, 0.1) is 0 Å². The Kier molecular flexibility index (Phi) is 6.41. The third kappa shape index (κ3) is 5.55. The molecule has 0 amide bonds. The van der Waals surface area contributed by atoms with Gasteiger partial charge >= 0.3 is 0 Å². The molecule has 1 unspecified atom stereocenters. The predicted molar refractivity (Wildman–Crippen MR) is 72.1 cm³/mol. The van der Waals surface area contributed by atoms with Crippen LogP contribution in [0.1, 0.15) is 39.2 Å². The molecule has 0 aromatic heterocycles. The molecule has 0 heterocycles. The van der Waals surface area contributed by atoms with Gasteiger partial charge in [0, 0.05) is 0 Å². The molecule has 1 rings (SSSR count). The number of hydrogen-bond acceptors (Lipinski definition) is 2. The normalized spacial score (nSPS) is 12.9. The van der Waals surface area contributed by atoms with Gasteiger partial charge in [-0.2, -0.15) is 0 Å². The first-order valence-corrected chi connectivity index (χ1v) is 6.27. The SMILES string of the molecule is CC=Cc1cccc(OC(C)OCCCC)c1. The maximum atomic E-state index is 5.69. The molecular weight excluding hydrogens is 212 g/mol. The van der Waals surface area contributed by atoms with Crippen LogP contribution in [-0.2, 0) is 4.74 Å². The van der Waals surface area contributed by atoms with Gasteiger partial charge in [-0.1, -0.05) is 37.6 Å². The smallest absolute Gasteiger partial charge is 0.196 e. The lowest BCUT2D eigenvalue weighted by Gasteiger charge is -2.15. The van der Waals surface area contributed by atoms with E-state index in [1.165, 1.54) is 0 Å². The van der Waals surface area contributed by atoms with Crippen molar-refractivity contribution < 1.29 is 9.47 Å². The maximum Gasteiger partial charge on any atom is 0.196 e. The minimum atomic E-state index is -0.192. The largest absolute Gasteiger partial charge is 0.465 e. The molecule has 0 fully saturated rings. The van der Waals surface area contributed by atoms with Gasteiger partial charge in [-0.15, -0.1) is 0 Å². The average Bonchev–Trinajstić information content (AvgIpc) is 2.30. The van der Waals surface area contributed by atoms with E-state index in [1.54, 1.807) is 0 Å². The maximum absolute atomic E-state index is 5.69. The van der Waals surface area contributed by atoms with Crippen molar-refractivity contribution in [2.24, 2.45) is 0 Å². The van der Waals surface area contributed by atoms with Crippen molar-refractivity contribution in [3.63, 3.8) is 0 Å². The van der Waals surface area contributed by atoms with E-state index in [-0.39, 0.29) is 6.29 Å². The topological polar surface area (TPSA) is 18.5 Å². The Balaban J connectivity index is 2.47. The highest BCUT2D eigenvalue weighted by Crippen LogP contribution is 2.16. The van der Waals surface area contributed by atoms with E-state index >= 15 is 0 Å². The van der Waals surface area contributed by atoms with Gasteiger partial charge in [0.15, 0.2) is 6.29 Å². The Labute approximate surface area is 104 Å². The van der Waals surface area contributed by atoms with Gasteiger partial charge in [0.25, 0.3) is 0 Å². The highest BCUT2D eigenvalue weighted by Gasteiger charge is 2.03. The van der Waals surface area contributed by atoms with E-state index in [0.717, 1.165) is 30.8 Å². The molecule has 0 saturated carbocycles. The zero-order valence-electron chi connectivity index (χ0n) is 11.0. The summed E-state index contributed by atoms with van der Waals surface area (Å²) in [6, 6.07) is 8.01. The molecule has 0 spiro atoms. The van der Waals surface area contributed by atoms with Crippen molar-refractivity contribution >= 4 is 6.08 Å². The molecule has 17 heavy (non-hydrogen) atoms. The highest BCUT2D eigenvalue weighted by molar-refractivity contribution is 5.51. The van der Waals surface area contributed by atoms with E-state index in [9.17, 15) is 0 Å². The van der Waals surface area contributed by atoms with E-state index in [1.807, 2.05) is 38.1 Å². The zero-order valence-corrected chi connectivity index (χ0v) is 11.0. The van der Waals surface area contributed by atoms with Crippen LogP contribution in [0.25, 0.3) is 6.08 Å². The van der Waals surface area contributed by atoms with Crippen LogP contribution < -0.4 is 4.74 Å². The van der Waals surface area contributed by atoms with Crippen LogP contribution in [0.4, 0.5) is 0 Å². The lowest BCUT2D eigenvalue weighted by atomic mass is 10.2. The minimum absolute atomic E-state index is 0.192. The summed E-state index contributed by atoms with van der Waals surface area (Å²) in [5, 5.41) is 0. The summed E-state index contributed by atoms with van der Waals surface area (Å²) in [6.45, 7) is 6.84. The van der Waals surface area contributed by atoms with E-state index < -0.39 is 0 Å². The summed E-state index contributed by atoms with van der Waals surface area (Å²) in [4.78, 5) is 0. The van der Waals surface area contributed by atoms with E-state index in [2.05, 4.69) is 19.1 Å². The van der Waals surface area contributed by atoms with Gasteiger partial charge in [-0.25, -0.2) is 0 Å². The Morgan fingerprint density at radius 2 is 2.18 bits per heavy atom. The molecule has 0 aliphatic rings. The second-order valence-electron chi connectivity index (χ2n) is 3.98. The van der Waals surface area contributed by atoms with Crippen LogP contribution in [0.2, 0.25) is 0 Å². The van der Waals surface area contributed by atoms with Crippen LogP contribution >= 0.6 is 0 Å². The van der Waals surface area contributed by atoms with Crippen molar-refractivity contribution in [3.05, 3.63) is 35.9 Å². The monoisotopic (exact) mass is 234 g/mol. The van der Waals surface area contributed by atoms with Crippen molar-refractivity contribution in [2.75, 3.05) is 6.61 Å². The minimum Gasteiger partial charge on any atom is -0.465 e. The summed E-state index contributed by atoms with van der Waals surface area (Å²) < 4.78 is 11.2. The molecule has 1 aromatic carbocycles. The molecule has 2 heteroatoms. The number of allylic oxidation sites excluding steroid dienone is 1. The van der Waals surface area contributed by atoms with Gasteiger partial charge in [-0.3, -0.25) is 0 Å². The van der Waals surface area contributed by atoms with Crippen molar-refractivity contribution in [2.45, 2.75) is 39.9 Å². The summed E-state index contributed by atoms with van der Waals surface area (Å²) in [7, 11) is 0. The standard InChI is InChI=1S/C15H22O2/c1-4-6-11-16-13(3)17-15-10-7-9-14(12-15)8-5-2/h5,7-10,12-13H,4,6,11H2,1-3H3. The molecule has 0 aliphatic carbocycles.